The van der Waals surface area contributed by atoms with E-state index in [9.17, 15) is 14.0 Å². The van der Waals surface area contributed by atoms with E-state index in [1.165, 1.54) is 12.1 Å². The van der Waals surface area contributed by atoms with Gasteiger partial charge in [-0.25, -0.2) is 4.39 Å². The van der Waals surface area contributed by atoms with E-state index in [1.807, 2.05) is 38.1 Å². The summed E-state index contributed by atoms with van der Waals surface area (Å²) in [6, 6.07) is 13.4. The summed E-state index contributed by atoms with van der Waals surface area (Å²) in [6.07, 6.45) is 0. The molecular weight excluding hydrogens is 359 g/mol. The Morgan fingerprint density at radius 1 is 1.14 bits per heavy atom. The van der Waals surface area contributed by atoms with E-state index in [0.717, 1.165) is 5.56 Å². The molecule has 2 unspecified atom stereocenters. The fourth-order valence-electron chi connectivity index (χ4n) is 3.64. The molecule has 5 nitrogen and oxygen atoms in total. The average molecular weight is 384 g/mol. The molecule has 2 aromatic carbocycles. The number of likely N-dealkylation sites (tertiary alicyclic amines) is 1. The molecule has 2 aromatic rings. The van der Waals surface area contributed by atoms with Gasteiger partial charge in [0.15, 0.2) is 0 Å². The van der Waals surface area contributed by atoms with Gasteiger partial charge in [0.05, 0.1) is 18.6 Å². The average Bonchev–Trinajstić information content (AvgIpc) is 3.13. The molecule has 1 heterocycles. The summed E-state index contributed by atoms with van der Waals surface area (Å²) in [5.74, 6) is -0.966. The van der Waals surface area contributed by atoms with Crippen LogP contribution in [0.4, 0.5) is 4.39 Å². The number of nitrogens with zero attached hydrogens (tertiary/aromatic N) is 1. The van der Waals surface area contributed by atoms with Crippen LogP contribution in [0.2, 0.25) is 0 Å². The lowest BCUT2D eigenvalue weighted by molar-refractivity contribution is -0.125. The van der Waals surface area contributed by atoms with E-state index >= 15 is 0 Å². The first-order chi connectivity index (χ1) is 13.4. The number of rotatable bonds is 5. The number of carbonyl (C=O) groups excluding carboxylic acids is 2. The van der Waals surface area contributed by atoms with Crippen molar-refractivity contribution in [3.63, 3.8) is 0 Å². The Morgan fingerprint density at radius 3 is 2.57 bits per heavy atom. The maximum Gasteiger partial charge on any atom is 0.256 e. The number of carbonyl (C=O) groups is 2. The molecule has 3 rings (SSSR count). The van der Waals surface area contributed by atoms with E-state index in [2.05, 4.69) is 5.32 Å². The lowest BCUT2D eigenvalue weighted by atomic mass is 9.88. The van der Waals surface area contributed by atoms with Crippen molar-refractivity contribution in [2.24, 2.45) is 5.92 Å². The largest absolute Gasteiger partial charge is 0.497 e. The summed E-state index contributed by atoms with van der Waals surface area (Å²) in [7, 11) is 1.59. The predicted octanol–water partition coefficient (Wildman–Crippen LogP) is 3.21. The van der Waals surface area contributed by atoms with Crippen molar-refractivity contribution < 1.29 is 18.7 Å². The minimum absolute atomic E-state index is 0.00483. The zero-order valence-electron chi connectivity index (χ0n) is 16.3. The van der Waals surface area contributed by atoms with Gasteiger partial charge in [-0.05, 0) is 43.7 Å². The second-order valence-corrected chi connectivity index (χ2v) is 7.34. The zero-order chi connectivity index (χ0) is 20.3. The van der Waals surface area contributed by atoms with Crippen molar-refractivity contribution in [2.45, 2.75) is 25.8 Å². The van der Waals surface area contributed by atoms with Crippen molar-refractivity contribution in [3.05, 3.63) is 65.5 Å². The minimum Gasteiger partial charge on any atom is -0.497 e. The first-order valence-corrected chi connectivity index (χ1v) is 9.38. The fraction of sp³-hybridized carbons (Fsp3) is 0.364. The smallest absolute Gasteiger partial charge is 0.256 e. The van der Waals surface area contributed by atoms with E-state index in [4.69, 9.17) is 4.74 Å². The third kappa shape index (κ3) is 4.16. The number of halogens is 1. The van der Waals surface area contributed by atoms with Gasteiger partial charge >= 0.3 is 0 Å². The predicted molar refractivity (Wildman–Crippen MR) is 105 cm³/mol. The molecule has 6 heteroatoms. The Hall–Kier alpha value is -2.89. The third-order valence-corrected chi connectivity index (χ3v) is 5.00. The normalized spacial score (nSPS) is 19.0. The molecule has 1 saturated heterocycles. The van der Waals surface area contributed by atoms with Crippen LogP contribution in [0.5, 0.6) is 5.75 Å². The summed E-state index contributed by atoms with van der Waals surface area (Å²) in [5, 5.41) is 2.94. The van der Waals surface area contributed by atoms with Gasteiger partial charge in [-0.3, -0.25) is 9.59 Å². The van der Waals surface area contributed by atoms with Crippen LogP contribution in [-0.4, -0.2) is 43.0 Å². The van der Waals surface area contributed by atoms with Crippen LogP contribution in [0.1, 0.15) is 35.7 Å². The molecule has 0 spiro atoms. The molecule has 0 saturated carbocycles. The quantitative estimate of drug-likeness (QED) is 0.861. The van der Waals surface area contributed by atoms with Crippen LogP contribution >= 0.6 is 0 Å². The van der Waals surface area contributed by atoms with Crippen LogP contribution in [-0.2, 0) is 4.79 Å². The summed E-state index contributed by atoms with van der Waals surface area (Å²) in [4.78, 5) is 27.3. The number of ether oxygens (including phenoxy) is 1. The van der Waals surface area contributed by atoms with E-state index in [1.54, 1.807) is 24.1 Å². The molecule has 0 aromatic heterocycles. The molecular formula is C22H25FN2O3. The highest BCUT2D eigenvalue weighted by Crippen LogP contribution is 2.35. The fourth-order valence-corrected chi connectivity index (χ4v) is 3.64. The molecule has 0 bridgehead atoms. The van der Waals surface area contributed by atoms with E-state index < -0.39 is 17.6 Å². The van der Waals surface area contributed by atoms with Gasteiger partial charge in [0, 0.05) is 25.0 Å². The SMILES string of the molecule is COc1cccc(C2CN(C(=O)c3ccccc3F)CC2C(=O)NC(C)C)c1. The maximum absolute atomic E-state index is 14.1. The highest BCUT2D eigenvalue weighted by Gasteiger charge is 2.41. The summed E-state index contributed by atoms with van der Waals surface area (Å²) in [6.45, 7) is 4.38. The van der Waals surface area contributed by atoms with Crippen molar-refractivity contribution in [3.8, 4) is 5.75 Å². The monoisotopic (exact) mass is 384 g/mol. The molecule has 1 aliphatic rings. The van der Waals surface area contributed by atoms with E-state index in [-0.39, 0.29) is 30.0 Å². The highest BCUT2D eigenvalue weighted by molar-refractivity contribution is 5.95. The van der Waals surface area contributed by atoms with E-state index in [0.29, 0.717) is 12.3 Å². The molecule has 1 N–H and O–H groups in total. The van der Waals surface area contributed by atoms with Crippen LogP contribution in [0.15, 0.2) is 48.5 Å². The standard InChI is InChI=1S/C22H25FN2O3/c1-14(2)24-21(26)19-13-25(22(27)17-9-4-5-10-20(17)23)12-18(19)15-7-6-8-16(11-15)28-3/h4-11,14,18-19H,12-13H2,1-3H3,(H,24,26). The Morgan fingerprint density at radius 2 is 1.89 bits per heavy atom. The van der Waals surface area contributed by atoms with Gasteiger partial charge in [-0.15, -0.1) is 0 Å². The molecule has 28 heavy (non-hydrogen) atoms. The maximum atomic E-state index is 14.1. The summed E-state index contributed by atoms with van der Waals surface area (Å²) < 4.78 is 19.4. The number of hydrogen-bond donors (Lipinski definition) is 1. The zero-order valence-corrected chi connectivity index (χ0v) is 16.3. The number of benzene rings is 2. The molecule has 0 aliphatic carbocycles. The Bertz CT molecular complexity index is 868. The molecule has 0 radical (unpaired) electrons. The summed E-state index contributed by atoms with van der Waals surface area (Å²) in [5.41, 5.74) is 0.948. The second kappa shape index (κ2) is 8.42. The molecule has 148 valence electrons. The Labute approximate surface area is 164 Å². The van der Waals surface area contributed by atoms with Crippen LogP contribution in [0.25, 0.3) is 0 Å². The lowest BCUT2D eigenvalue weighted by Crippen LogP contribution is -2.39. The topological polar surface area (TPSA) is 58.6 Å². The van der Waals surface area contributed by atoms with Gasteiger partial charge in [-0.1, -0.05) is 24.3 Å². The van der Waals surface area contributed by atoms with Crippen molar-refractivity contribution in [1.29, 1.82) is 0 Å². The van der Waals surface area contributed by atoms with Gasteiger partial charge in [0.25, 0.3) is 5.91 Å². The Kier molecular flexibility index (Phi) is 5.97. The highest BCUT2D eigenvalue weighted by atomic mass is 19.1. The van der Waals surface area contributed by atoms with Crippen LogP contribution in [0.3, 0.4) is 0 Å². The molecule has 2 amide bonds. The van der Waals surface area contributed by atoms with Gasteiger partial charge in [0.1, 0.15) is 11.6 Å². The van der Waals surface area contributed by atoms with Gasteiger partial charge in [0.2, 0.25) is 5.91 Å². The number of amides is 2. The third-order valence-electron chi connectivity index (χ3n) is 5.00. The lowest BCUT2D eigenvalue weighted by Gasteiger charge is -2.20. The van der Waals surface area contributed by atoms with Crippen molar-refractivity contribution in [2.75, 3.05) is 20.2 Å². The molecule has 2 atom stereocenters. The van der Waals surface area contributed by atoms with Crippen LogP contribution in [0, 0.1) is 11.7 Å². The van der Waals surface area contributed by atoms with Gasteiger partial charge < -0.3 is 15.0 Å². The Balaban J connectivity index is 1.91. The number of nitrogens with one attached hydrogen (secondary N) is 1. The molecule has 1 fully saturated rings. The van der Waals surface area contributed by atoms with Crippen molar-refractivity contribution >= 4 is 11.8 Å². The van der Waals surface area contributed by atoms with Gasteiger partial charge in [-0.2, -0.15) is 0 Å². The van der Waals surface area contributed by atoms with Crippen molar-refractivity contribution in [1.82, 2.24) is 10.2 Å². The first-order valence-electron chi connectivity index (χ1n) is 9.38. The number of hydrogen-bond acceptors (Lipinski definition) is 3. The number of methoxy groups -OCH3 is 1. The van der Waals surface area contributed by atoms with Crippen LogP contribution < -0.4 is 10.1 Å². The molecule has 1 aliphatic heterocycles. The minimum atomic E-state index is -0.555. The second-order valence-electron chi connectivity index (χ2n) is 7.34. The first kappa shape index (κ1) is 19.9. The summed E-state index contributed by atoms with van der Waals surface area (Å²) >= 11 is 0.